The number of nitrogens with zero attached hydrogens (tertiary/aromatic N) is 3. The quantitative estimate of drug-likeness (QED) is 0.563. The molecule has 2 N–H and O–H groups in total. The molecule has 34 heavy (non-hydrogen) atoms. The first-order chi connectivity index (χ1) is 16.6. The fraction of sp³-hybridized carbons (Fsp3) is 0.346. The number of fused-ring (bicyclic) bond motifs is 1. The highest BCUT2D eigenvalue weighted by Crippen LogP contribution is 2.34. The molecular formula is C26H29N5O3. The zero-order valence-electron chi connectivity index (χ0n) is 19.2. The van der Waals surface area contributed by atoms with Crippen molar-refractivity contribution in [3.8, 4) is 0 Å². The van der Waals surface area contributed by atoms with E-state index < -0.39 is 0 Å². The maximum atomic E-state index is 12.8. The molecule has 0 spiro atoms. The smallest absolute Gasteiger partial charge is 0.319 e. The highest BCUT2D eigenvalue weighted by Gasteiger charge is 2.33. The van der Waals surface area contributed by atoms with E-state index in [1.54, 1.807) is 6.20 Å². The standard InChI is InChI=1S/C26H29N5O3/c1-18-22-6-2-3-7-23(22)25(32)30(18)16-19-9-11-21(12-10-19)29-26(33)27-14-20-15-28-31(17-20)24-8-4-5-13-34-24/h2-3,6-7,9-12,15,17-18,24H,4-5,8,13-14,16H2,1H3,(H2,27,29,33). The van der Waals surface area contributed by atoms with Crippen molar-refractivity contribution in [3.05, 3.63) is 83.2 Å². The highest BCUT2D eigenvalue weighted by molar-refractivity contribution is 5.99. The first-order valence-electron chi connectivity index (χ1n) is 11.8. The summed E-state index contributed by atoms with van der Waals surface area (Å²) in [4.78, 5) is 27.0. The number of carbonyl (C=O) groups is 2. The molecule has 0 saturated carbocycles. The minimum absolute atomic E-state index is 0.0113. The normalized spacial score (nSPS) is 19.7. The van der Waals surface area contributed by atoms with Crippen molar-refractivity contribution in [2.24, 2.45) is 0 Å². The Balaban J connectivity index is 1.12. The molecule has 8 nitrogen and oxygen atoms in total. The largest absolute Gasteiger partial charge is 0.357 e. The van der Waals surface area contributed by atoms with Gasteiger partial charge in [0.1, 0.15) is 6.23 Å². The number of rotatable bonds is 6. The van der Waals surface area contributed by atoms with E-state index in [1.165, 1.54) is 0 Å². The van der Waals surface area contributed by atoms with Gasteiger partial charge in [-0.2, -0.15) is 5.10 Å². The number of carbonyl (C=O) groups excluding carboxylic acids is 2. The third-order valence-corrected chi connectivity index (χ3v) is 6.49. The van der Waals surface area contributed by atoms with Gasteiger partial charge >= 0.3 is 6.03 Å². The maximum absolute atomic E-state index is 12.8. The Morgan fingerprint density at radius 1 is 1.12 bits per heavy atom. The average Bonchev–Trinajstić information content (AvgIpc) is 3.44. The molecule has 176 valence electrons. The van der Waals surface area contributed by atoms with E-state index in [0.717, 1.165) is 48.1 Å². The summed E-state index contributed by atoms with van der Waals surface area (Å²) in [6, 6.07) is 15.1. The lowest BCUT2D eigenvalue weighted by atomic mass is 10.1. The third-order valence-electron chi connectivity index (χ3n) is 6.49. The monoisotopic (exact) mass is 459 g/mol. The highest BCUT2D eigenvalue weighted by atomic mass is 16.5. The Labute approximate surface area is 198 Å². The van der Waals surface area contributed by atoms with Crippen LogP contribution in [0.15, 0.2) is 60.9 Å². The van der Waals surface area contributed by atoms with Crippen LogP contribution >= 0.6 is 0 Å². The van der Waals surface area contributed by atoms with E-state index in [1.807, 2.05) is 64.3 Å². The lowest BCUT2D eigenvalue weighted by molar-refractivity contribution is -0.0395. The lowest BCUT2D eigenvalue weighted by Gasteiger charge is -2.22. The summed E-state index contributed by atoms with van der Waals surface area (Å²) in [5.74, 6) is 0.0584. The molecule has 8 heteroatoms. The molecule has 2 unspecified atom stereocenters. The average molecular weight is 460 g/mol. The molecule has 3 amide bonds. The number of nitrogens with one attached hydrogen (secondary N) is 2. The summed E-state index contributed by atoms with van der Waals surface area (Å²) < 4.78 is 7.57. The van der Waals surface area contributed by atoms with Gasteiger partial charge in [0, 0.05) is 42.7 Å². The van der Waals surface area contributed by atoms with E-state index in [-0.39, 0.29) is 24.2 Å². The Kier molecular flexibility index (Phi) is 6.31. The van der Waals surface area contributed by atoms with Crippen LogP contribution in [-0.2, 0) is 17.8 Å². The maximum Gasteiger partial charge on any atom is 0.319 e. The predicted octanol–water partition coefficient (Wildman–Crippen LogP) is 4.62. The number of hydrogen-bond acceptors (Lipinski definition) is 4. The SMILES string of the molecule is CC1c2ccccc2C(=O)N1Cc1ccc(NC(=O)NCc2cnn(C3CCCCO3)c2)cc1. The Morgan fingerprint density at radius 2 is 1.94 bits per heavy atom. The lowest BCUT2D eigenvalue weighted by Crippen LogP contribution is -2.28. The van der Waals surface area contributed by atoms with Gasteiger partial charge in [-0.1, -0.05) is 30.3 Å². The predicted molar refractivity (Wildman–Crippen MR) is 128 cm³/mol. The molecule has 5 rings (SSSR count). The van der Waals surface area contributed by atoms with E-state index in [4.69, 9.17) is 4.74 Å². The van der Waals surface area contributed by atoms with Gasteiger partial charge in [-0.3, -0.25) is 4.79 Å². The zero-order chi connectivity index (χ0) is 23.5. The number of hydrogen-bond donors (Lipinski definition) is 2. The summed E-state index contributed by atoms with van der Waals surface area (Å²) >= 11 is 0. The first kappa shape index (κ1) is 22.2. The summed E-state index contributed by atoms with van der Waals surface area (Å²) in [6.07, 6.45) is 6.86. The molecule has 3 heterocycles. The van der Waals surface area contributed by atoms with Gasteiger partial charge in [0.05, 0.1) is 12.2 Å². The fourth-order valence-electron chi connectivity index (χ4n) is 4.57. The number of benzene rings is 2. The summed E-state index contributed by atoms with van der Waals surface area (Å²) in [7, 11) is 0. The van der Waals surface area contributed by atoms with Crippen LogP contribution in [0.4, 0.5) is 10.5 Å². The molecular weight excluding hydrogens is 430 g/mol. The van der Waals surface area contributed by atoms with Crippen molar-refractivity contribution < 1.29 is 14.3 Å². The second-order valence-electron chi connectivity index (χ2n) is 8.85. The molecule has 0 aliphatic carbocycles. The minimum Gasteiger partial charge on any atom is -0.357 e. The van der Waals surface area contributed by atoms with Crippen LogP contribution in [0.1, 0.15) is 65.5 Å². The van der Waals surface area contributed by atoms with Crippen LogP contribution in [0.25, 0.3) is 0 Å². The van der Waals surface area contributed by atoms with Crippen LogP contribution in [0.5, 0.6) is 0 Å². The molecule has 2 aromatic carbocycles. The van der Waals surface area contributed by atoms with E-state index >= 15 is 0 Å². The van der Waals surface area contributed by atoms with E-state index in [0.29, 0.717) is 18.8 Å². The second kappa shape index (κ2) is 9.69. The molecule has 1 saturated heterocycles. The fourth-order valence-corrected chi connectivity index (χ4v) is 4.57. The molecule has 2 aliphatic heterocycles. The van der Waals surface area contributed by atoms with Crippen molar-refractivity contribution in [1.82, 2.24) is 20.0 Å². The van der Waals surface area contributed by atoms with Gasteiger partial charge in [0.15, 0.2) is 0 Å². The van der Waals surface area contributed by atoms with Crippen molar-refractivity contribution in [1.29, 1.82) is 0 Å². The van der Waals surface area contributed by atoms with Crippen molar-refractivity contribution in [2.75, 3.05) is 11.9 Å². The van der Waals surface area contributed by atoms with Gasteiger partial charge in [-0.25, -0.2) is 9.48 Å². The van der Waals surface area contributed by atoms with Gasteiger partial charge in [0.2, 0.25) is 0 Å². The summed E-state index contributed by atoms with van der Waals surface area (Å²) in [5.41, 5.74) is 4.47. The van der Waals surface area contributed by atoms with Crippen LogP contribution in [0.3, 0.4) is 0 Å². The number of amides is 3. The van der Waals surface area contributed by atoms with Crippen molar-refractivity contribution in [3.63, 3.8) is 0 Å². The van der Waals surface area contributed by atoms with Gasteiger partial charge < -0.3 is 20.3 Å². The number of aromatic nitrogens is 2. The molecule has 1 aromatic heterocycles. The Hall–Kier alpha value is -3.65. The van der Waals surface area contributed by atoms with Gasteiger partial charge in [-0.05, 0) is 55.5 Å². The zero-order valence-corrected chi connectivity index (χ0v) is 19.2. The number of ether oxygens (including phenoxy) is 1. The minimum atomic E-state index is -0.284. The first-order valence-corrected chi connectivity index (χ1v) is 11.8. The van der Waals surface area contributed by atoms with Crippen molar-refractivity contribution in [2.45, 2.75) is 51.5 Å². The molecule has 0 bridgehead atoms. The van der Waals surface area contributed by atoms with Crippen molar-refractivity contribution >= 4 is 17.6 Å². The van der Waals surface area contributed by atoms with Gasteiger partial charge in [0.25, 0.3) is 5.91 Å². The molecule has 2 atom stereocenters. The van der Waals surface area contributed by atoms with Crippen LogP contribution < -0.4 is 10.6 Å². The van der Waals surface area contributed by atoms with Gasteiger partial charge in [-0.15, -0.1) is 0 Å². The molecule has 2 aliphatic rings. The topological polar surface area (TPSA) is 88.5 Å². The molecule has 3 aromatic rings. The van der Waals surface area contributed by atoms with Crippen LogP contribution in [0, 0.1) is 0 Å². The number of urea groups is 1. The second-order valence-corrected chi connectivity index (χ2v) is 8.85. The number of anilines is 1. The van der Waals surface area contributed by atoms with Crippen LogP contribution in [-0.4, -0.2) is 33.2 Å². The Morgan fingerprint density at radius 3 is 2.71 bits per heavy atom. The van der Waals surface area contributed by atoms with Crippen LogP contribution in [0.2, 0.25) is 0 Å². The summed E-state index contributed by atoms with van der Waals surface area (Å²) in [6.45, 7) is 3.72. The molecule has 0 radical (unpaired) electrons. The van der Waals surface area contributed by atoms with E-state index in [2.05, 4.69) is 22.7 Å². The van der Waals surface area contributed by atoms with E-state index in [9.17, 15) is 9.59 Å². The third kappa shape index (κ3) is 4.68. The summed E-state index contributed by atoms with van der Waals surface area (Å²) in [5, 5.41) is 10.1. The molecule has 1 fully saturated rings. The Bertz CT molecular complexity index is 1170.